The SMILES string of the molecule is CC.CCC.CCCN=C(C)C(=NC)c1ccc(OCc2cccc(C(F)(F)F)c2)cc1. The van der Waals surface area contributed by atoms with Gasteiger partial charge in [0.05, 0.1) is 17.0 Å². The Balaban J connectivity index is 0.00000177. The number of hydrogen-bond acceptors (Lipinski definition) is 3. The quantitative estimate of drug-likeness (QED) is 0.393. The van der Waals surface area contributed by atoms with E-state index in [1.165, 1.54) is 12.5 Å². The Bertz CT molecular complexity index is 826. The molecule has 6 heteroatoms. The summed E-state index contributed by atoms with van der Waals surface area (Å²) in [7, 11) is 1.72. The number of alkyl halides is 3. The van der Waals surface area contributed by atoms with Crippen LogP contribution in [0.4, 0.5) is 13.2 Å². The van der Waals surface area contributed by atoms with E-state index >= 15 is 0 Å². The Morgan fingerprint density at radius 1 is 0.969 bits per heavy atom. The Kier molecular flexibility index (Phi) is 14.7. The van der Waals surface area contributed by atoms with Gasteiger partial charge in [0.25, 0.3) is 0 Å². The van der Waals surface area contributed by atoms with E-state index in [0.29, 0.717) is 11.3 Å². The molecule has 0 bridgehead atoms. The van der Waals surface area contributed by atoms with Crippen LogP contribution < -0.4 is 4.74 Å². The summed E-state index contributed by atoms with van der Waals surface area (Å²) in [5, 5.41) is 0. The summed E-state index contributed by atoms with van der Waals surface area (Å²) >= 11 is 0. The zero-order valence-corrected chi connectivity index (χ0v) is 20.4. The number of aliphatic imine (C=N–C) groups is 2. The lowest BCUT2D eigenvalue weighted by molar-refractivity contribution is -0.137. The second-order valence-corrected chi connectivity index (χ2v) is 6.76. The number of nitrogens with zero attached hydrogens (tertiary/aromatic N) is 2. The highest BCUT2D eigenvalue weighted by atomic mass is 19.4. The lowest BCUT2D eigenvalue weighted by atomic mass is 10.1. The van der Waals surface area contributed by atoms with Crippen molar-refractivity contribution in [1.82, 2.24) is 0 Å². The zero-order valence-electron chi connectivity index (χ0n) is 20.4. The molecule has 0 aromatic heterocycles. The molecule has 3 nitrogen and oxygen atoms in total. The van der Waals surface area contributed by atoms with Gasteiger partial charge >= 0.3 is 6.18 Å². The van der Waals surface area contributed by atoms with Crippen molar-refractivity contribution in [1.29, 1.82) is 0 Å². The molecule has 0 fully saturated rings. The monoisotopic (exact) mass is 450 g/mol. The van der Waals surface area contributed by atoms with Crippen LogP contribution in [0.2, 0.25) is 0 Å². The lowest BCUT2D eigenvalue weighted by Gasteiger charge is -2.11. The average Bonchev–Trinajstić information content (AvgIpc) is 2.79. The minimum Gasteiger partial charge on any atom is -0.489 e. The molecule has 0 aliphatic rings. The normalized spacial score (nSPS) is 11.7. The van der Waals surface area contributed by atoms with E-state index in [0.717, 1.165) is 42.1 Å². The summed E-state index contributed by atoms with van der Waals surface area (Å²) < 4.78 is 43.9. The van der Waals surface area contributed by atoms with Gasteiger partial charge < -0.3 is 4.74 Å². The van der Waals surface area contributed by atoms with Crippen LogP contribution in [0, 0.1) is 0 Å². The van der Waals surface area contributed by atoms with Crippen molar-refractivity contribution in [2.24, 2.45) is 9.98 Å². The van der Waals surface area contributed by atoms with E-state index in [2.05, 4.69) is 30.8 Å². The summed E-state index contributed by atoms with van der Waals surface area (Å²) in [6, 6.07) is 12.4. The van der Waals surface area contributed by atoms with Crippen molar-refractivity contribution in [3.05, 3.63) is 65.2 Å². The summed E-state index contributed by atoms with van der Waals surface area (Å²) in [6.45, 7) is 13.1. The number of ether oxygens (including phenoxy) is 1. The predicted octanol–water partition coefficient (Wildman–Crippen LogP) is 8.02. The standard InChI is InChI=1S/C21H23F3N2O.C3H8.C2H6/c1-4-12-26-15(2)20(25-3)17-8-10-19(11-9-17)27-14-16-6-5-7-18(13-16)21(22,23)24;1-3-2;1-2/h5-11,13H,4,12,14H2,1-3H3;3H2,1-2H3;1-2H3. The molecule has 2 aromatic carbocycles. The lowest BCUT2D eigenvalue weighted by Crippen LogP contribution is -2.12. The number of rotatable bonds is 7. The van der Waals surface area contributed by atoms with Gasteiger partial charge in [0.15, 0.2) is 0 Å². The van der Waals surface area contributed by atoms with Gasteiger partial charge in [-0.15, -0.1) is 0 Å². The van der Waals surface area contributed by atoms with Crippen LogP contribution in [0.15, 0.2) is 58.5 Å². The fourth-order valence-corrected chi connectivity index (χ4v) is 2.57. The molecule has 0 N–H and O–H groups in total. The maximum atomic E-state index is 12.8. The molecule has 2 rings (SSSR count). The number of halogens is 3. The molecule has 0 aliphatic heterocycles. The molecule has 0 unspecified atom stereocenters. The van der Waals surface area contributed by atoms with Crippen molar-refractivity contribution in [3.63, 3.8) is 0 Å². The highest BCUT2D eigenvalue weighted by molar-refractivity contribution is 6.47. The number of benzene rings is 2. The molecule has 0 spiro atoms. The molecule has 178 valence electrons. The second-order valence-electron chi connectivity index (χ2n) is 6.76. The maximum absolute atomic E-state index is 12.8. The van der Waals surface area contributed by atoms with E-state index in [-0.39, 0.29) is 6.61 Å². The molecule has 32 heavy (non-hydrogen) atoms. The van der Waals surface area contributed by atoms with Gasteiger partial charge in [-0.1, -0.05) is 53.2 Å². The van der Waals surface area contributed by atoms with Crippen molar-refractivity contribution in [3.8, 4) is 5.75 Å². The highest BCUT2D eigenvalue weighted by Crippen LogP contribution is 2.29. The highest BCUT2D eigenvalue weighted by Gasteiger charge is 2.30. The largest absolute Gasteiger partial charge is 0.489 e. The molecule has 0 atom stereocenters. The molecule has 0 aliphatic carbocycles. The fraction of sp³-hybridized carbons (Fsp3) is 0.462. The van der Waals surface area contributed by atoms with Crippen LogP contribution in [-0.2, 0) is 12.8 Å². The fourth-order valence-electron chi connectivity index (χ4n) is 2.57. The van der Waals surface area contributed by atoms with E-state index < -0.39 is 11.7 Å². The summed E-state index contributed by atoms with van der Waals surface area (Å²) in [5.41, 5.74) is 2.39. The third-order valence-electron chi connectivity index (χ3n) is 3.93. The summed E-state index contributed by atoms with van der Waals surface area (Å²) in [5.74, 6) is 0.578. The topological polar surface area (TPSA) is 34.0 Å². The maximum Gasteiger partial charge on any atom is 0.416 e. The van der Waals surface area contributed by atoms with Crippen LogP contribution in [0.3, 0.4) is 0 Å². The first kappa shape index (κ1) is 29.4. The Hall–Kier alpha value is -2.63. The van der Waals surface area contributed by atoms with Crippen molar-refractivity contribution in [2.75, 3.05) is 13.6 Å². The molecular formula is C26H37F3N2O. The van der Waals surface area contributed by atoms with Crippen LogP contribution in [0.5, 0.6) is 5.75 Å². The summed E-state index contributed by atoms with van der Waals surface area (Å²) in [6.07, 6.45) is -2.14. The van der Waals surface area contributed by atoms with Crippen LogP contribution >= 0.6 is 0 Å². The first-order valence-electron chi connectivity index (χ1n) is 11.1. The molecule has 0 heterocycles. The van der Waals surface area contributed by atoms with Gasteiger partial charge in [-0.2, -0.15) is 13.2 Å². The van der Waals surface area contributed by atoms with E-state index in [9.17, 15) is 13.2 Å². The van der Waals surface area contributed by atoms with Crippen LogP contribution in [0.1, 0.15) is 71.1 Å². The molecular weight excluding hydrogens is 413 g/mol. The van der Waals surface area contributed by atoms with Gasteiger partial charge in [-0.05, 0) is 55.3 Å². The molecule has 0 saturated carbocycles. The second kappa shape index (κ2) is 16.1. The van der Waals surface area contributed by atoms with E-state index in [4.69, 9.17) is 4.74 Å². The minimum atomic E-state index is -4.36. The predicted molar refractivity (Wildman–Crippen MR) is 130 cm³/mol. The van der Waals surface area contributed by atoms with Crippen LogP contribution in [0.25, 0.3) is 0 Å². The minimum absolute atomic E-state index is 0.0645. The Morgan fingerprint density at radius 3 is 2.06 bits per heavy atom. The van der Waals surface area contributed by atoms with Gasteiger partial charge in [0, 0.05) is 19.2 Å². The Morgan fingerprint density at radius 2 is 1.56 bits per heavy atom. The first-order chi connectivity index (χ1) is 15.3. The van der Waals surface area contributed by atoms with Gasteiger partial charge in [-0.3, -0.25) is 9.98 Å². The molecule has 0 amide bonds. The molecule has 0 saturated heterocycles. The van der Waals surface area contributed by atoms with E-state index in [1.807, 2.05) is 32.9 Å². The first-order valence-corrected chi connectivity index (χ1v) is 11.1. The molecule has 2 aromatic rings. The van der Waals surface area contributed by atoms with Gasteiger partial charge in [0.1, 0.15) is 12.4 Å². The average molecular weight is 451 g/mol. The number of hydrogen-bond donors (Lipinski definition) is 0. The smallest absolute Gasteiger partial charge is 0.416 e. The zero-order chi connectivity index (χ0) is 24.6. The molecule has 0 radical (unpaired) electrons. The summed E-state index contributed by atoms with van der Waals surface area (Å²) in [4.78, 5) is 8.78. The van der Waals surface area contributed by atoms with Crippen molar-refractivity contribution in [2.45, 2.75) is 67.2 Å². The third-order valence-corrected chi connectivity index (χ3v) is 3.93. The Labute approximate surface area is 191 Å². The van der Waals surface area contributed by atoms with Crippen LogP contribution in [-0.4, -0.2) is 25.0 Å². The van der Waals surface area contributed by atoms with Crippen molar-refractivity contribution < 1.29 is 17.9 Å². The van der Waals surface area contributed by atoms with Gasteiger partial charge in [0.2, 0.25) is 0 Å². The van der Waals surface area contributed by atoms with E-state index in [1.54, 1.807) is 25.2 Å². The van der Waals surface area contributed by atoms with Gasteiger partial charge in [-0.25, -0.2) is 0 Å². The van der Waals surface area contributed by atoms with Crippen molar-refractivity contribution >= 4 is 11.4 Å². The third kappa shape index (κ3) is 10.6.